The van der Waals surface area contributed by atoms with Crippen LogP contribution in [0.5, 0.6) is 0 Å². The highest BCUT2D eigenvalue weighted by atomic mass is 79.9. The first-order chi connectivity index (χ1) is 14.2. The number of anilines is 5. The third kappa shape index (κ3) is 5.52. The number of nitrogens with one attached hydrogen (secondary N) is 3. The van der Waals surface area contributed by atoms with Crippen molar-refractivity contribution >= 4 is 45.0 Å². The van der Waals surface area contributed by atoms with Gasteiger partial charge >= 0.3 is 0 Å². The summed E-state index contributed by atoms with van der Waals surface area (Å²) in [5.74, 6) is 3.62. The minimum Gasteiger partial charge on any atom is -0.366 e. The molecule has 4 aromatic rings. The lowest BCUT2D eigenvalue weighted by Crippen LogP contribution is -2.03. The molecule has 0 radical (unpaired) electrons. The summed E-state index contributed by atoms with van der Waals surface area (Å²) in [4.78, 5) is 13.5. The molecule has 0 aliphatic heterocycles. The van der Waals surface area contributed by atoms with E-state index in [-0.39, 0.29) is 0 Å². The Labute approximate surface area is 177 Å². The fourth-order valence-corrected chi connectivity index (χ4v) is 3.05. The fourth-order valence-electron chi connectivity index (χ4n) is 2.71. The Bertz CT molecular complexity index is 1090. The van der Waals surface area contributed by atoms with E-state index in [9.17, 15) is 0 Å². The predicted molar refractivity (Wildman–Crippen MR) is 121 cm³/mol. The van der Waals surface area contributed by atoms with Gasteiger partial charge in [-0.25, -0.2) is 15.0 Å². The van der Waals surface area contributed by atoms with E-state index in [4.69, 9.17) is 0 Å². The van der Waals surface area contributed by atoms with Crippen molar-refractivity contribution in [2.75, 3.05) is 16.0 Å². The zero-order valence-electron chi connectivity index (χ0n) is 15.5. The van der Waals surface area contributed by atoms with Gasteiger partial charge in [0.25, 0.3) is 0 Å². The number of aromatic nitrogens is 3. The predicted octanol–water partition coefficient (Wildman–Crippen LogP) is 5.73. The molecule has 0 unspecified atom stereocenters. The van der Waals surface area contributed by atoms with Gasteiger partial charge in [-0.15, -0.1) is 0 Å². The molecule has 0 spiro atoms. The standard InChI is InChI=1S/C22H19BrN6/c23-17-9-4-11-19(25-17)27-21-13-6-14-22(29-21)28-20-12-5-10-18(26-20)24-15-16-7-2-1-3-8-16/h1-14H,15H2,(H3,24,25,26,27,28,29). The summed E-state index contributed by atoms with van der Waals surface area (Å²) in [7, 11) is 0. The van der Waals surface area contributed by atoms with Crippen LogP contribution < -0.4 is 16.0 Å². The van der Waals surface area contributed by atoms with E-state index < -0.39 is 0 Å². The smallest absolute Gasteiger partial charge is 0.133 e. The second-order valence-electron chi connectivity index (χ2n) is 6.25. The van der Waals surface area contributed by atoms with Crippen LogP contribution in [0.15, 0.2) is 89.5 Å². The zero-order chi connectivity index (χ0) is 19.9. The van der Waals surface area contributed by atoms with Crippen molar-refractivity contribution in [1.29, 1.82) is 0 Å². The molecule has 0 bridgehead atoms. The van der Waals surface area contributed by atoms with Gasteiger partial charge in [0.15, 0.2) is 0 Å². The average molecular weight is 447 g/mol. The quantitative estimate of drug-likeness (QED) is 0.314. The van der Waals surface area contributed by atoms with E-state index in [0.29, 0.717) is 29.8 Å². The Hall–Kier alpha value is -3.45. The van der Waals surface area contributed by atoms with Gasteiger partial charge in [-0.3, -0.25) is 0 Å². The molecule has 144 valence electrons. The number of benzene rings is 1. The van der Waals surface area contributed by atoms with Crippen molar-refractivity contribution in [3.63, 3.8) is 0 Å². The van der Waals surface area contributed by atoms with Crippen molar-refractivity contribution in [2.45, 2.75) is 6.54 Å². The Morgan fingerprint density at radius 2 is 1.07 bits per heavy atom. The van der Waals surface area contributed by atoms with Crippen LogP contribution in [0.3, 0.4) is 0 Å². The van der Waals surface area contributed by atoms with Crippen molar-refractivity contribution in [3.05, 3.63) is 95.1 Å². The number of halogens is 1. The number of pyridine rings is 3. The van der Waals surface area contributed by atoms with Crippen molar-refractivity contribution in [1.82, 2.24) is 15.0 Å². The minimum atomic E-state index is 0.692. The lowest BCUT2D eigenvalue weighted by molar-refractivity contribution is 1.11. The van der Waals surface area contributed by atoms with Crippen LogP contribution in [0, 0.1) is 0 Å². The van der Waals surface area contributed by atoms with Crippen LogP contribution in [-0.4, -0.2) is 15.0 Å². The van der Waals surface area contributed by atoms with E-state index in [2.05, 4.69) is 59.0 Å². The Morgan fingerprint density at radius 3 is 1.69 bits per heavy atom. The summed E-state index contributed by atoms with van der Waals surface area (Å²) >= 11 is 3.37. The van der Waals surface area contributed by atoms with Gasteiger partial charge in [-0.2, -0.15) is 0 Å². The molecule has 29 heavy (non-hydrogen) atoms. The maximum atomic E-state index is 4.61. The molecule has 0 fully saturated rings. The summed E-state index contributed by atoms with van der Waals surface area (Å²) in [6.07, 6.45) is 0. The summed E-state index contributed by atoms with van der Waals surface area (Å²) in [5, 5.41) is 9.78. The second-order valence-corrected chi connectivity index (χ2v) is 7.06. The van der Waals surface area contributed by atoms with E-state index >= 15 is 0 Å². The molecule has 0 atom stereocenters. The molecule has 3 heterocycles. The summed E-state index contributed by atoms with van der Waals surface area (Å²) in [5.41, 5.74) is 1.20. The lowest BCUT2D eigenvalue weighted by atomic mass is 10.2. The second kappa shape index (κ2) is 9.16. The van der Waals surface area contributed by atoms with Crippen LogP contribution in [-0.2, 0) is 6.54 Å². The van der Waals surface area contributed by atoms with Crippen molar-refractivity contribution < 1.29 is 0 Å². The molecule has 3 N–H and O–H groups in total. The van der Waals surface area contributed by atoms with Crippen LogP contribution in [0.1, 0.15) is 5.56 Å². The Kier molecular flexibility index (Phi) is 5.97. The third-order valence-corrected chi connectivity index (χ3v) is 4.48. The first-order valence-corrected chi connectivity index (χ1v) is 9.92. The molecule has 0 aliphatic carbocycles. The minimum absolute atomic E-state index is 0.692. The molecule has 1 aromatic carbocycles. The topological polar surface area (TPSA) is 74.8 Å². The largest absolute Gasteiger partial charge is 0.366 e. The molecule has 0 saturated carbocycles. The van der Waals surface area contributed by atoms with Crippen LogP contribution in [0.25, 0.3) is 0 Å². The van der Waals surface area contributed by atoms with Crippen LogP contribution in [0.4, 0.5) is 29.1 Å². The first kappa shape index (κ1) is 18.9. The van der Waals surface area contributed by atoms with Gasteiger partial charge in [0.1, 0.15) is 33.7 Å². The Balaban J connectivity index is 1.42. The summed E-state index contributed by atoms with van der Waals surface area (Å²) < 4.78 is 0.765. The number of rotatable bonds is 7. The average Bonchev–Trinajstić information content (AvgIpc) is 2.74. The van der Waals surface area contributed by atoms with Crippen molar-refractivity contribution in [3.8, 4) is 0 Å². The molecule has 0 aliphatic rings. The molecule has 7 heteroatoms. The monoisotopic (exact) mass is 446 g/mol. The van der Waals surface area contributed by atoms with E-state index in [1.807, 2.05) is 72.8 Å². The van der Waals surface area contributed by atoms with Crippen LogP contribution in [0.2, 0.25) is 0 Å². The highest BCUT2D eigenvalue weighted by molar-refractivity contribution is 9.10. The number of hydrogen-bond donors (Lipinski definition) is 3. The normalized spacial score (nSPS) is 10.4. The molecule has 0 amide bonds. The maximum Gasteiger partial charge on any atom is 0.133 e. The first-order valence-electron chi connectivity index (χ1n) is 9.13. The molecule has 4 rings (SSSR count). The third-order valence-electron chi connectivity index (χ3n) is 4.04. The van der Waals surface area contributed by atoms with Crippen molar-refractivity contribution in [2.24, 2.45) is 0 Å². The van der Waals surface area contributed by atoms with E-state index in [0.717, 1.165) is 10.4 Å². The van der Waals surface area contributed by atoms with E-state index in [1.165, 1.54) is 5.56 Å². The van der Waals surface area contributed by atoms with Gasteiger partial charge in [-0.05, 0) is 57.9 Å². The van der Waals surface area contributed by atoms with Gasteiger partial charge in [0.2, 0.25) is 0 Å². The van der Waals surface area contributed by atoms with Gasteiger partial charge < -0.3 is 16.0 Å². The SMILES string of the molecule is Brc1cccc(Nc2cccc(Nc3cccc(NCc4ccccc4)n3)n2)n1. The zero-order valence-corrected chi connectivity index (χ0v) is 17.1. The van der Waals surface area contributed by atoms with Gasteiger partial charge in [0.05, 0.1) is 0 Å². The molecule has 6 nitrogen and oxygen atoms in total. The fraction of sp³-hybridized carbons (Fsp3) is 0.0455. The molecule has 0 saturated heterocycles. The van der Waals surface area contributed by atoms with E-state index in [1.54, 1.807) is 0 Å². The highest BCUT2D eigenvalue weighted by Crippen LogP contribution is 2.19. The number of hydrogen-bond acceptors (Lipinski definition) is 6. The van der Waals surface area contributed by atoms with Gasteiger partial charge in [0, 0.05) is 6.54 Å². The summed E-state index contributed by atoms with van der Waals surface area (Å²) in [6, 6.07) is 27.4. The summed E-state index contributed by atoms with van der Waals surface area (Å²) in [6.45, 7) is 0.717. The maximum absolute atomic E-state index is 4.61. The van der Waals surface area contributed by atoms with Gasteiger partial charge in [-0.1, -0.05) is 48.5 Å². The molecular formula is C22H19BrN6. The highest BCUT2D eigenvalue weighted by Gasteiger charge is 2.03. The molecular weight excluding hydrogens is 428 g/mol. The Morgan fingerprint density at radius 1 is 0.552 bits per heavy atom. The lowest BCUT2D eigenvalue weighted by Gasteiger charge is -2.10. The van der Waals surface area contributed by atoms with Crippen LogP contribution >= 0.6 is 15.9 Å². The number of nitrogens with zero attached hydrogens (tertiary/aromatic N) is 3. The molecule has 3 aromatic heterocycles.